The molecule has 2 aromatic carbocycles. The molecule has 7 heteroatoms. The normalized spacial score (nSPS) is 10.9. The van der Waals surface area contributed by atoms with E-state index in [1.807, 2.05) is 12.1 Å². The number of hydrogen-bond donors (Lipinski definition) is 1. The summed E-state index contributed by atoms with van der Waals surface area (Å²) < 4.78 is 34.2. The summed E-state index contributed by atoms with van der Waals surface area (Å²) in [6.07, 6.45) is 1.07. The van der Waals surface area contributed by atoms with Crippen LogP contribution < -0.4 is 14.8 Å². The van der Waals surface area contributed by atoms with Crippen molar-refractivity contribution in [2.75, 3.05) is 26.5 Å². The highest BCUT2D eigenvalue weighted by atomic mass is 32.2. The van der Waals surface area contributed by atoms with Gasteiger partial charge < -0.3 is 14.8 Å². The molecule has 128 valence electrons. The van der Waals surface area contributed by atoms with E-state index in [-0.39, 0.29) is 23.6 Å². The molecule has 2 rings (SSSR count). The topological polar surface area (TPSA) is 81.7 Å². The lowest BCUT2D eigenvalue weighted by molar-refractivity contribution is 0.0943. The Morgan fingerprint density at radius 3 is 2.33 bits per heavy atom. The molecule has 0 heterocycles. The Hall–Kier alpha value is -2.54. The van der Waals surface area contributed by atoms with Crippen molar-refractivity contribution in [2.24, 2.45) is 0 Å². The molecule has 0 fully saturated rings. The fraction of sp³-hybridized carbons (Fsp3) is 0.235. The van der Waals surface area contributed by atoms with Crippen LogP contribution in [0, 0.1) is 0 Å². The molecular formula is C17H19NO5S. The monoisotopic (exact) mass is 349 g/mol. The van der Waals surface area contributed by atoms with E-state index in [4.69, 9.17) is 9.47 Å². The number of ether oxygens (including phenoxy) is 2. The van der Waals surface area contributed by atoms with Gasteiger partial charge in [0.25, 0.3) is 5.91 Å². The molecule has 24 heavy (non-hydrogen) atoms. The van der Waals surface area contributed by atoms with E-state index in [1.165, 1.54) is 12.1 Å². The molecule has 0 radical (unpaired) electrons. The molecule has 0 aliphatic carbocycles. The summed E-state index contributed by atoms with van der Waals surface area (Å²) in [5.41, 5.74) is 0.122. The van der Waals surface area contributed by atoms with Crippen LogP contribution in [-0.2, 0) is 9.84 Å². The highest BCUT2D eigenvalue weighted by Crippen LogP contribution is 2.25. The molecule has 0 spiro atoms. The van der Waals surface area contributed by atoms with Crippen molar-refractivity contribution in [3.8, 4) is 11.5 Å². The third kappa shape index (κ3) is 4.48. The fourth-order valence-electron chi connectivity index (χ4n) is 2.14. The summed E-state index contributed by atoms with van der Waals surface area (Å²) in [7, 11) is -1.92. The van der Waals surface area contributed by atoms with Gasteiger partial charge in [-0.2, -0.15) is 0 Å². The van der Waals surface area contributed by atoms with Crippen molar-refractivity contribution in [2.45, 2.75) is 4.90 Å². The van der Waals surface area contributed by atoms with E-state index in [2.05, 4.69) is 5.32 Å². The SMILES string of the molecule is COc1ccccc1OCCNC(=O)c1ccccc1S(C)(=O)=O. The first-order valence-electron chi connectivity index (χ1n) is 7.26. The largest absolute Gasteiger partial charge is 0.493 e. The lowest BCUT2D eigenvalue weighted by Crippen LogP contribution is -2.29. The van der Waals surface area contributed by atoms with Gasteiger partial charge in [-0.3, -0.25) is 4.79 Å². The molecule has 0 unspecified atom stereocenters. The van der Waals surface area contributed by atoms with Crippen molar-refractivity contribution < 1.29 is 22.7 Å². The third-order valence-electron chi connectivity index (χ3n) is 3.25. The van der Waals surface area contributed by atoms with Crippen molar-refractivity contribution >= 4 is 15.7 Å². The molecule has 6 nitrogen and oxygen atoms in total. The molecular weight excluding hydrogens is 330 g/mol. The van der Waals surface area contributed by atoms with Gasteiger partial charge in [0.05, 0.1) is 24.1 Å². The van der Waals surface area contributed by atoms with Crippen LogP contribution in [0.15, 0.2) is 53.4 Å². The molecule has 0 aliphatic heterocycles. The van der Waals surface area contributed by atoms with Crippen LogP contribution in [0.5, 0.6) is 11.5 Å². The van der Waals surface area contributed by atoms with E-state index in [9.17, 15) is 13.2 Å². The number of amides is 1. The van der Waals surface area contributed by atoms with E-state index in [0.29, 0.717) is 11.5 Å². The Balaban J connectivity index is 1.95. The second-order valence-corrected chi connectivity index (χ2v) is 7.01. The Bertz CT molecular complexity index is 817. The minimum Gasteiger partial charge on any atom is -0.493 e. The number of methoxy groups -OCH3 is 1. The van der Waals surface area contributed by atoms with E-state index < -0.39 is 15.7 Å². The van der Waals surface area contributed by atoms with Crippen LogP contribution in [0.4, 0.5) is 0 Å². The van der Waals surface area contributed by atoms with Gasteiger partial charge in [0.15, 0.2) is 21.3 Å². The Morgan fingerprint density at radius 2 is 1.67 bits per heavy atom. The van der Waals surface area contributed by atoms with Crippen molar-refractivity contribution in [1.82, 2.24) is 5.32 Å². The molecule has 2 aromatic rings. The van der Waals surface area contributed by atoms with Gasteiger partial charge in [-0.05, 0) is 24.3 Å². The molecule has 0 aliphatic rings. The van der Waals surface area contributed by atoms with Crippen LogP contribution in [0.25, 0.3) is 0 Å². The summed E-state index contributed by atoms with van der Waals surface area (Å²) in [6, 6.07) is 13.3. The van der Waals surface area contributed by atoms with Gasteiger partial charge in [-0.1, -0.05) is 24.3 Å². The highest BCUT2D eigenvalue weighted by Gasteiger charge is 2.17. The van der Waals surface area contributed by atoms with E-state index in [0.717, 1.165) is 6.26 Å². The van der Waals surface area contributed by atoms with Gasteiger partial charge >= 0.3 is 0 Å². The molecule has 0 atom stereocenters. The zero-order chi connectivity index (χ0) is 17.6. The maximum Gasteiger partial charge on any atom is 0.252 e. The minimum atomic E-state index is -3.47. The quantitative estimate of drug-likeness (QED) is 0.772. The average molecular weight is 349 g/mol. The maximum absolute atomic E-state index is 12.2. The third-order valence-corrected chi connectivity index (χ3v) is 4.40. The summed E-state index contributed by atoms with van der Waals surface area (Å²) >= 11 is 0. The first-order valence-corrected chi connectivity index (χ1v) is 9.15. The lowest BCUT2D eigenvalue weighted by atomic mass is 10.2. The number of carbonyl (C=O) groups excluding carboxylic acids is 1. The lowest BCUT2D eigenvalue weighted by Gasteiger charge is -2.11. The van der Waals surface area contributed by atoms with Gasteiger partial charge in [0.2, 0.25) is 0 Å². The molecule has 1 amide bonds. The number of rotatable bonds is 7. The van der Waals surface area contributed by atoms with Gasteiger partial charge in [0.1, 0.15) is 6.61 Å². The first kappa shape index (κ1) is 17.8. The first-order chi connectivity index (χ1) is 11.4. The fourth-order valence-corrected chi connectivity index (χ4v) is 3.02. The number of nitrogens with one attached hydrogen (secondary N) is 1. The second-order valence-electron chi connectivity index (χ2n) is 5.02. The zero-order valence-electron chi connectivity index (χ0n) is 13.5. The maximum atomic E-state index is 12.2. The second kappa shape index (κ2) is 7.83. The summed E-state index contributed by atoms with van der Waals surface area (Å²) in [5, 5.41) is 2.65. The number of benzene rings is 2. The van der Waals surface area contributed by atoms with Crippen molar-refractivity contribution in [3.63, 3.8) is 0 Å². The van der Waals surface area contributed by atoms with E-state index in [1.54, 1.807) is 31.4 Å². The molecule has 0 bridgehead atoms. The molecule has 0 saturated heterocycles. The smallest absolute Gasteiger partial charge is 0.252 e. The number of carbonyl (C=O) groups is 1. The van der Waals surface area contributed by atoms with Gasteiger partial charge in [-0.15, -0.1) is 0 Å². The standard InChI is InChI=1S/C17H19NO5S/c1-22-14-8-4-5-9-15(14)23-12-11-18-17(19)13-7-3-6-10-16(13)24(2,20)21/h3-10H,11-12H2,1-2H3,(H,18,19). The number of sulfone groups is 1. The average Bonchev–Trinajstić information content (AvgIpc) is 2.58. The molecule has 1 N–H and O–H groups in total. The Morgan fingerprint density at radius 1 is 1.04 bits per heavy atom. The number of para-hydroxylation sites is 2. The van der Waals surface area contributed by atoms with Crippen LogP contribution in [0.1, 0.15) is 10.4 Å². The van der Waals surface area contributed by atoms with E-state index >= 15 is 0 Å². The Labute approximate surface area is 141 Å². The van der Waals surface area contributed by atoms with Crippen molar-refractivity contribution in [3.05, 3.63) is 54.1 Å². The molecule has 0 saturated carbocycles. The van der Waals surface area contributed by atoms with Crippen LogP contribution in [-0.4, -0.2) is 40.8 Å². The van der Waals surface area contributed by atoms with Crippen molar-refractivity contribution in [1.29, 1.82) is 0 Å². The summed E-state index contributed by atoms with van der Waals surface area (Å²) in [5.74, 6) is 0.719. The molecule has 0 aromatic heterocycles. The Kier molecular flexibility index (Phi) is 5.81. The van der Waals surface area contributed by atoms with Gasteiger partial charge in [0, 0.05) is 6.26 Å². The predicted octanol–water partition coefficient (Wildman–Crippen LogP) is 1.91. The summed E-state index contributed by atoms with van der Waals surface area (Å²) in [6.45, 7) is 0.460. The van der Waals surface area contributed by atoms with Crippen LogP contribution >= 0.6 is 0 Å². The predicted molar refractivity (Wildman–Crippen MR) is 90.4 cm³/mol. The highest BCUT2D eigenvalue weighted by molar-refractivity contribution is 7.90. The minimum absolute atomic E-state index is 0.00754. The van der Waals surface area contributed by atoms with Gasteiger partial charge in [-0.25, -0.2) is 8.42 Å². The summed E-state index contributed by atoms with van der Waals surface area (Å²) in [4.78, 5) is 12.2. The van der Waals surface area contributed by atoms with Crippen LogP contribution in [0.3, 0.4) is 0 Å². The van der Waals surface area contributed by atoms with Crippen LogP contribution in [0.2, 0.25) is 0 Å². The zero-order valence-corrected chi connectivity index (χ0v) is 14.3. The number of hydrogen-bond acceptors (Lipinski definition) is 5.